The van der Waals surface area contributed by atoms with Gasteiger partial charge < -0.3 is 39.1 Å². The molecule has 1 aliphatic rings. The van der Waals surface area contributed by atoms with Crippen LogP contribution in [-0.4, -0.2) is 75.6 Å². The van der Waals surface area contributed by atoms with Crippen molar-refractivity contribution in [1.82, 2.24) is 10.3 Å². The molecule has 4 rings (SSSR count). The smallest absolute Gasteiger partial charge is 0.286 e. The standard InChI is InChI=1S/C31H40N2O7/c1-3-39-31-25(12-15-37-17-18-38-16-14-34)26(22-7-5-4-6-8-22)20-29(40-31)30(35)32-13-11-23-21-33-28-10-9-24(36-2)19-27(23)28/h4-10,19-21,25-26,31,33-34H,3,11-18H2,1-2H3,(H,32,35)/t25-,26-,31-/m0/s1. The number of benzene rings is 2. The van der Waals surface area contributed by atoms with E-state index in [1.165, 1.54) is 0 Å². The predicted molar refractivity (Wildman–Crippen MR) is 152 cm³/mol. The lowest BCUT2D eigenvalue weighted by Gasteiger charge is -2.37. The number of aromatic nitrogens is 1. The molecule has 0 spiro atoms. The van der Waals surface area contributed by atoms with Crippen LogP contribution in [0, 0.1) is 5.92 Å². The van der Waals surface area contributed by atoms with Gasteiger partial charge in [0.15, 0.2) is 5.76 Å². The van der Waals surface area contributed by atoms with Gasteiger partial charge in [0, 0.05) is 48.7 Å². The van der Waals surface area contributed by atoms with Crippen LogP contribution in [0.5, 0.6) is 5.75 Å². The largest absolute Gasteiger partial charge is 0.497 e. The Hall–Kier alpha value is -3.37. The highest BCUT2D eigenvalue weighted by Gasteiger charge is 2.37. The third-order valence-corrected chi connectivity index (χ3v) is 6.98. The maximum atomic E-state index is 13.3. The molecule has 9 nitrogen and oxygen atoms in total. The summed E-state index contributed by atoms with van der Waals surface area (Å²) in [7, 11) is 1.65. The van der Waals surface area contributed by atoms with Crippen molar-refractivity contribution in [3.8, 4) is 5.75 Å². The number of amides is 1. The van der Waals surface area contributed by atoms with Gasteiger partial charge in [-0.2, -0.15) is 0 Å². The Morgan fingerprint density at radius 1 is 1.07 bits per heavy atom. The third-order valence-electron chi connectivity index (χ3n) is 6.98. The number of aliphatic hydroxyl groups excluding tert-OH is 1. The molecule has 0 saturated heterocycles. The number of hydrogen-bond acceptors (Lipinski definition) is 7. The second-order valence-corrected chi connectivity index (χ2v) is 9.54. The highest BCUT2D eigenvalue weighted by molar-refractivity contribution is 5.92. The van der Waals surface area contributed by atoms with E-state index >= 15 is 0 Å². The number of carbonyl (C=O) groups excluding carboxylic acids is 1. The van der Waals surface area contributed by atoms with E-state index in [9.17, 15) is 4.79 Å². The number of ether oxygens (including phenoxy) is 5. The van der Waals surface area contributed by atoms with Crippen LogP contribution in [0.3, 0.4) is 0 Å². The Bertz CT molecular complexity index is 1230. The fraction of sp³-hybridized carbons (Fsp3) is 0.452. The number of methoxy groups -OCH3 is 1. The molecule has 0 saturated carbocycles. The zero-order chi connectivity index (χ0) is 28.2. The number of hydrogen-bond donors (Lipinski definition) is 3. The van der Waals surface area contributed by atoms with E-state index in [4.69, 9.17) is 28.8 Å². The van der Waals surface area contributed by atoms with Gasteiger partial charge in [-0.15, -0.1) is 0 Å². The summed E-state index contributed by atoms with van der Waals surface area (Å²) < 4.78 is 28.6. The molecule has 40 heavy (non-hydrogen) atoms. The van der Waals surface area contributed by atoms with Gasteiger partial charge in [-0.1, -0.05) is 30.3 Å². The van der Waals surface area contributed by atoms with E-state index in [0.717, 1.165) is 27.8 Å². The number of nitrogens with one attached hydrogen (secondary N) is 2. The summed E-state index contributed by atoms with van der Waals surface area (Å²) in [6, 6.07) is 16.0. The molecule has 2 heterocycles. The fourth-order valence-electron chi connectivity index (χ4n) is 4.99. The van der Waals surface area contributed by atoms with Crippen LogP contribution in [0.4, 0.5) is 0 Å². The first-order chi connectivity index (χ1) is 19.6. The Balaban J connectivity index is 1.42. The summed E-state index contributed by atoms with van der Waals surface area (Å²) in [5.74, 6) is 0.671. The molecule has 9 heteroatoms. The number of aliphatic hydroxyl groups is 1. The molecule has 1 aromatic heterocycles. The van der Waals surface area contributed by atoms with Crippen molar-refractivity contribution in [2.75, 3.05) is 53.3 Å². The van der Waals surface area contributed by atoms with E-state index in [1.54, 1.807) is 7.11 Å². The highest BCUT2D eigenvalue weighted by Crippen LogP contribution is 2.38. The minimum absolute atomic E-state index is 0.00525. The zero-order valence-corrected chi connectivity index (χ0v) is 23.3. The van der Waals surface area contributed by atoms with E-state index in [0.29, 0.717) is 52.4 Å². The van der Waals surface area contributed by atoms with E-state index < -0.39 is 6.29 Å². The van der Waals surface area contributed by atoms with Gasteiger partial charge in [-0.05, 0) is 55.2 Å². The average Bonchev–Trinajstić information content (AvgIpc) is 3.39. The minimum Gasteiger partial charge on any atom is -0.497 e. The highest BCUT2D eigenvalue weighted by atomic mass is 16.7. The van der Waals surface area contributed by atoms with Crippen LogP contribution in [0.1, 0.15) is 30.4 Å². The molecule has 1 amide bonds. The molecular weight excluding hydrogens is 512 g/mol. The first-order valence-corrected chi connectivity index (χ1v) is 13.9. The Morgan fingerprint density at radius 3 is 2.62 bits per heavy atom. The maximum Gasteiger partial charge on any atom is 0.286 e. The summed E-state index contributed by atoms with van der Waals surface area (Å²) in [6.07, 6.45) is 4.63. The number of rotatable bonds is 16. The van der Waals surface area contributed by atoms with Crippen molar-refractivity contribution < 1.29 is 33.6 Å². The first-order valence-electron chi connectivity index (χ1n) is 13.9. The van der Waals surface area contributed by atoms with Crippen molar-refractivity contribution in [3.63, 3.8) is 0 Å². The number of aromatic amines is 1. The van der Waals surface area contributed by atoms with Crippen LogP contribution in [0.2, 0.25) is 0 Å². The van der Waals surface area contributed by atoms with Crippen molar-refractivity contribution in [1.29, 1.82) is 0 Å². The second kappa shape index (κ2) is 15.4. The minimum atomic E-state index is -0.587. The van der Waals surface area contributed by atoms with Gasteiger partial charge >= 0.3 is 0 Å². The van der Waals surface area contributed by atoms with Crippen molar-refractivity contribution in [3.05, 3.63) is 77.7 Å². The molecule has 0 bridgehead atoms. The SMILES string of the molecule is CCO[C@H]1OC(C(=O)NCCc2c[nH]c3ccc(OC)cc23)=C[C@@H](c2ccccc2)[C@@H]1CCOCCOCCO. The van der Waals surface area contributed by atoms with Crippen molar-refractivity contribution in [2.24, 2.45) is 5.92 Å². The van der Waals surface area contributed by atoms with Gasteiger partial charge in [-0.25, -0.2) is 0 Å². The fourth-order valence-corrected chi connectivity index (χ4v) is 4.99. The summed E-state index contributed by atoms with van der Waals surface area (Å²) >= 11 is 0. The Labute approximate surface area is 235 Å². The first kappa shape index (κ1) is 29.6. The van der Waals surface area contributed by atoms with Crippen molar-refractivity contribution in [2.45, 2.75) is 32.0 Å². The normalized spacial score (nSPS) is 18.8. The Morgan fingerprint density at radius 2 is 1.88 bits per heavy atom. The lowest BCUT2D eigenvalue weighted by Crippen LogP contribution is -2.39. The summed E-state index contributed by atoms with van der Waals surface area (Å²) in [5, 5.41) is 12.9. The lowest BCUT2D eigenvalue weighted by atomic mass is 9.81. The van der Waals surface area contributed by atoms with Crippen molar-refractivity contribution >= 4 is 16.8 Å². The molecule has 3 atom stereocenters. The zero-order valence-electron chi connectivity index (χ0n) is 23.3. The topological polar surface area (TPSA) is 111 Å². The number of allylic oxidation sites excluding steroid dienone is 1. The van der Waals surface area contributed by atoms with Crippen LogP contribution < -0.4 is 10.1 Å². The molecule has 3 N–H and O–H groups in total. The number of H-pyrrole nitrogens is 1. The van der Waals surface area contributed by atoms with Gasteiger partial charge in [0.1, 0.15) is 5.75 Å². The monoisotopic (exact) mass is 552 g/mol. The quantitative estimate of drug-likeness (QED) is 0.231. The summed E-state index contributed by atoms with van der Waals surface area (Å²) in [5.41, 5.74) is 3.21. The molecule has 216 valence electrons. The molecule has 3 aromatic rings. The molecule has 0 unspecified atom stereocenters. The van der Waals surface area contributed by atoms with Gasteiger partial charge in [-0.3, -0.25) is 4.79 Å². The van der Waals surface area contributed by atoms with Crippen LogP contribution in [-0.2, 0) is 30.2 Å². The molecule has 0 aliphatic carbocycles. The lowest BCUT2D eigenvalue weighted by molar-refractivity contribution is -0.168. The van der Waals surface area contributed by atoms with E-state index in [1.807, 2.05) is 55.6 Å². The Kier molecular flexibility index (Phi) is 11.4. The third kappa shape index (κ3) is 7.85. The number of fused-ring (bicyclic) bond motifs is 1. The molecule has 0 fully saturated rings. The second-order valence-electron chi connectivity index (χ2n) is 9.54. The molecular formula is C31H40N2O7. The number of carbonyl (C=O) groups is 1. The van der Waals surface area contributed by atoms with Gasteiger partial charge in [0.25, 0.3) is 5.91 Å². The predicted octanol–water partition coefficient (Wildman–Crippen LogP) is 3.93. The molecule has 0 radical (unpaired) electrons. The molecule has 2 aromatic carbocycles. The summed E-state index contributed by atoms with van der Waals surface area (Å²) in [4.78, 5) is 16.5. The van der Waals surface area contributed by atoms with E-state index in [2.05, 4.69) is 22.4 Å². The van der Waals surface area contributed by atoms with E-state index in [-0.39, 0.29) is 30.1 Å². The van der Waals surface area contributed by atoms with Gasteiger partial charge in [0.2, 0.25) is 6.29 Å². The molecule has 1 aliphatic heterocycles. The van der Waals surface area contributed by atoms with Crippen LogP contribution in [0.25, 0.3) is 10.9 Å². The average molecular weight is 553 g/mol. The van der Waals surface area contributed by atoms with Gasteiger partial charge in [0.05, 0.1) is 33.5 Å². The maximum absolute atomic E-state index is 13.3. The van der Waals surface area contributed by atoms with Crippen LogP contribution >= 0.6 is 0 Å². The van der Waals surface area contributed by atoms with Crippen LogP contribution in [0.15, 0.2) is 66.6 Å². The summed E-state index contributed by atoms with van der Waals surface area (Å²) in [6.45, 7) is 4.48.